The number of alkyl halides is 3. The fraction of sp³-hybridized carbons (Fsp3) is 0.0870. The van der Waals surface area contributed by atoms with E-state index in [4.69, 9.17) is 0 Å². The summed E-state index contributed by atoms with van der Waals surface area (Å²) in [5.74, 6) is -2.04. The maximum atomic E-state index is 14.7. The quantitative estimate of drug-likeness (QED) is 0.337. The maximum absolute atomic E-state index is 14.7. The van der Waals surface area contributed by atoms with Gasteiger partial charge in [-0.3, -0.25) is 4.98 Å². The van der Waals surface area contributed by atoms with Crippen LogP contribution in [0.25, 0.3) is 33.2 Å². The Hall–Kier alpha value is -3.33. The molecular formula is C23H14F5NO2S. The van der Waals surface area contributed by atoms with Crippen molar-refractivity contribution in [2.45, 2.75) is 11.1 Å². The number of hydrogen-bond acceptors (Lipinski definition) is 3. The molecule has 164 valence electrons. The van der Waals surface area contributed by atoms with Crippen molar-refractivity contribution in [1.82, 2.24) is 4.98 Å². The number of nitrogens with zero attached hydrogens (tertiary/aromatic N) is 1. The molecule has 0 saturated heterocycles. The monoisotopic (exact) mass is 463 g/mol. The Morgan fingerprint density at radius 2 is 1.47 bits per heavy atom. The molecule has 9 heteroatoms. The van der Waals surface area contributed by atoms with E-state index >= 15 is 0 Å². The first kappa shape index (κ1) is 21.9. The molecule has 0 N–H and O–H groups in total. The van der Waals surface area contributed by atoms with Gasteiger partial charge in [0.15, 0.2) is 9.84 Å². The molecule has 4 aromatic rings. The average Bonchev–Trinajstić information content (AvgIpc) is 2.73. The largest absolute Gasteiger partial charge is 0.418 e. The molecule has 0 aliphatic heterocycles. The van der Waals surface area contributed by atoms with Crippen LogP contribution in [0.5, 0.6) is 0 Å². The van der Waals surface area contributed by atoms with Crippen molar-refractivity contribution >= 4 is 20.7 Å². The predicted molar refractivity (Wildman–Crippen MR) is 111 cm³/mol. The first-order valence-electron chi connectivity index (χ1n) is 9.21. The number of rotatable bonds is 3. The zero-order chi connectivity index (χ0) is 23.3. The molecule has 0 bridgehead atoms. The van der Waals surface area contributed by atoms with Gasteiger partial charge < -0.3 is 0 Å². The summed E-state index contributed by atoms with van der Waals surface area (Å²) in [5, 5.41) is 0.249. The van der Waals surface area contributed by atoms with Crippen molar-refractivity contribution in [3.05, 3.63) is 84.1 Å². The van der Waals surface area contributed by atoms with Gasteiger partial charge in [-0.2, -0.15) is 13.2 Å². The van der Waals surface area contributed by atoms with Gasteiger partial charge in [-0.15, -0.1) is 0 Å². The van der Waals surface area contributed by atoms with Crippen LogP contribution in [0.3, 0.4) is 0 Å². The van der Waals surface area contributed by atoms with E-state index in [0.717, 1.165) is 18.4 Å². The topological polar surface area (TPSA) is 47.0 Å². The lowest BCUT2D eigenvalue weighted by atomic mass is 9.95. The van der Waals surface area contributed by atoms with Crippen LogP contribution in [-0.4, -0.2) is 19.7 Å². The summed E-state index contributed by atoms with van der Waals surface area (Å²) in [4.78, 5) is 3.13. The molecular weight excluding hydrogens is 449 g/mol. The minimum Gasteiger partial charge on any atom is -0.256 e. The zero-order valence-corrected chi connectivity index (χ0v) is 17.2. The van der Waals surface area contributed by atoms with E-state index in [1.807, 2.05) is 0 Å². The van der Waals surface area contributed by atoms with Gasteiger partial charge in [-0.05, 0) is 47.0 Å². The standard InChI is InChI=1S/C23H14F5NO2S/c1-32(30,31)21-12-19(24)17(11-20(21)25)14-5-2-4-13(10-14)15-8-9-29-22-16(15)6-3-7-18(22)23(26,27)28/h2-12H,1H3. The van der Waals surface area contributed by atoms with Gasteiger partial charge >= 0.3 is 6.18 Å². The van der Waals surface area contributed by atoms with Crippen LogP contribution in [0.1, 0.15) is 5.56 Å². The second kappa shape index (κ2) is 7.67. The van der Waals surface area contributed by atoms with E-state index in [0.29, 0.717) is 17.2 Å². The number of pyridine rings is 1. The van der Waals surface area contributed by atoms with Gasteiger partial charge in [-0.1, -0.05) is 30.3 Å². The maximum Gasteiger partial charge on any atom is 0.418 e. The molecule has 0 unspecified atom stereocenters. The zero-order valence-electron chi connectivity index (χ0n) is 16.4. The second-order valence-electron chi connectivity index (χ2n) is 7.17. The highest BCUT2D eigenvalue weighted by Gasteiger charge is 2.33. The van der Waals surface area contributed by atoms with Crippen LogP contribution in [-0.2, 0) is 16.0 Å². The molecule has 0 saturated carbocycles. The Bertz CT molecular complexity index is 1460. The summed E-state index contributed by atoms with van der Waals surface area (Å²) in [6, 6.07) is 12.8. The molecule has 3 nitrogen and oxygen atoms in total. The van der Waals surface area contributed by atoms with Gasteiger partial charge in [0, 0.05) is 23.4 Å². The smallest absolute Gasteiger partial charge is 0.256 e. The van der Waals surface area contributed by atoms with Crippen molar-refractivity contribution in [2.75, 3.05) is 6.26 Å². The van der Waals surface area contributed by atoms with Gasteiger partial charge in [-0.25, -0.2) is 17.2 Å². The van der Waals surface area contributed by atoms with Crippen LogP contribution >= 0.6 is 0 Å². The van der Waals surface area contributed by atoms with Gasteiger partial charge in [0.1, 0.15) is 16.5 Å². The van der Waals surface area contributed by atoms with E-state index in [1.54, 1.807) is 12.1 Å². The number of para-hydroxylation sites is 1. The summed E-state index contributed by atoms with van der Waals surface area (Å²) in [6.07, 6.45) is -2.56. The number of benzene rings is 3. The average molecular weight is 463 g/mol. The molecule has 0 aliphatic carbocycles. The van der Waals surface area contributed by atoms with E-state index in [-0.39, 0.29) is 22.0 Å². The number of aromatic nitrogens is 1. The number of sulfone groups is 1. The third kappa shape index (κ3) is 3.95. The van der Waals surface area contributed by atoms with E-state index in [9.17, 15) is 30.4 Å². The van der Waals surface area contributed by atoms with Crippen molar-refractivity contribution in [3.63, 3.8) is 0 Å². The second-order valence-corrected chi connectivity index (χ2v) is 9.16. The molecule has 0 amide bonds. The summed E-state index contributed by atoms with van der Waals surface area (Å²) in [5.41, 5.74) is -0.157. The molecule has 3 aromatic carbocycles. The lowest BCUT2D eigenvalue weighted by molar-refractivity contribution is -0.136. The molecule has 1 heterocycles. The van der Waals surface area contributed by atoms with Crippen LogP contribution in [0.4, 0.5) is 22.0 Å². The van der Waals surface area contributed by atoms with Crippen molar-refractivity contribution < 1.29 is 30.4 Å². The van der Waals surface area contributed by atoms with E-state index < -0.39 is 38.1 Å². The number of fused-ring (bicyclic) bond motifs is 1. The van der Waals surface area contributed by atoms with Crippen LogP contribution in [0, 0.1) is 11.6 Å². The van der Waals surface area contributed by atoms with E-state index in [1.165, 1.54) is 36.5 Å². The van der Waals surface area contributed by atoms with Gasteiger partial charge in [0.25, 0.3) is 0 Å². The van der Waals surface area contributed by atoms with Crippen molar-refractivity contribution in [2.24, 2.45) is 0 Å². The summed E-state index contributed by atoms with van der Waals surface area (Å²) in [6.45, 7) is 0. The third-order valence-corrected chi connectivity index (χ3v) is 6.09. The third-order valence-electron chi connectivity index (χ3n) is 4.98. The lowest BCUT2D eigenvalue weighted by Crippen LogP contribution is -2.06. The summed E-state index contributed by atoms with van der Waals surface area (Å²) in [7, 11) is -3.96. The molecule has 1 aromatic heterocycles. The fourth-order valence-electron chi connectivity index (χ4n) is 3.54. The minimum absolute atomic E-state index is 0.175. The Balaban J connectivity index is 1.89. The van der Waals surface area contributed by atoms with Crippen LogP contribution in [0.2, 0.25) is 0 Å². The Morgan fingerprint density at radius 3 is 2.12 bits per heavy atom. The Kier molecular flexibility index (Phi) is 5.24. The van der Waals surface area contributed by atoms with Gasteiger partial charge in [0.2, 0.25) is 0 Å². The molecule has 0 fully saturated rings. The van der Waals surface area contributed by atoms with Gasteiger partial charge in [0.05, 0.1) is 11.1 Å². The Labute approximate surface area is 180 Å². The molecule has 0 aliphatic rings. The molecule has 0 atom stereocenters. The molecule has 0 radical (unpaired) electrons. The van der Waals surface area contributed by atoms with Crippen LogP contribution < -0.4 is 0 Å². The highest BCUT2D eigenvalue weighted by Crippen LogP contribution is 2.38. The highest BCUT2D eigenvalue weighted by molar-refractivity contribution is 7.90. The lowest BCUT2D eigenvalue weighted by Gasteiger charge is -2.13. The molecule has 4 rings (SSSR count). The molecule has 0 spiro atoms. The van der Waals surface area contributed by atoms with Crippen molar-refractivity contribution in [3.8, 4) is 22.3 Å². The van der Waals surface area contributed by atoms with Crippen molar-refractivity contribution in [1.29, 1.82) is 0 Å². The highest BCUT2D eigenvalue weighted by atomic mass is 32.2. The minimum atomic E-state index is -4.59. The SMILES string of the molecule is CS(=O)(=O)c1cc(F)c(-c2cccc(-c3ccnc4c(C(F)(F)F)cccc34)c2)cc1F. The predicted octanol–water partition coefficient (Wildman–Crippen LogP) is 6.27. The summed E-state index contributed by atoms with van der Waals surface area (Å²) < 4.78 is 92.4. The molecule has 32 heavy (non-hydrogen) atoms. The first-order chi connectivity index (χ1) is 15.0. The normalized spacial score (nSPS) is 12.3. The number of hydrogen-bond donors (Lipinski definition) is 0. The fourth-order valence-corrected chi connectivity index (χ4v) is 4.28. The van der Waals surface area contributed by atoms with Crippen LogP contribution in [0.15, 0.2) is 71.8 Å². The summed E-state index contributed by atoms with van der Waals surface area (Å²) >= 11 is 0. The first-order valence-corrected chi connectivity index (χ1v) is 11.1. The Morgan fingerprint density at radius 1 is 0.812 bits per heavy atom. The van der Waals surface area contributed by atoms with E-state index in [2.05, 4.69) is 4.98 Å². The number of halogens is 5.